The molecule has 5 N–H and O–H groups in total. The third-order valence-corrected chi connectivity index (χ3v) is 7.13. The fraction of sp³-hybridized carbons (Fsp3) is 0.429. The summed E-state index contributed by atoms with van der Waals surface area (Å²) in [5.74, 6) is -0.150. The average Bonchev–Trinajstić information content (AvgIpc) is 2.87. The lowest BCUT2D eigenvalue weighted by Gasteiger charge is -2.41. The van der Waals surface area contributed by atoms with E-state index in [0.29, 0.717) is 29.3 Å². The van der Waals surface area contributed by atoms with Gasteiger partial charge >= 0.3 is 6.03 Å². The van der Waals surface area contributed by atoms with Crippen LogP contribution in [0.1, 0.15) is 79.7 Å². The maximum atomic E-state index is 13.5. The van der Waals surface area contributed by atoms with E-state index in [0.717, 1.165) is 31.2 Å². The second-order valence-corrected chi connectivity index (χ2v) is 10.8. The summed E-state index contributed by atoms with van der Waals surface area (Å²) >= 11 is 0. The van der Waals surface area contributed by atoms with Crippen LogP contribution in [0.15, 0.2) is 58.9 Å². The van der Waals surface area contributed by atoms with E-state index in [2.05, 4.69) is 41.7 Å². The first-order valence-corrected chi connectivity index (χ1v) is 12.8. The van der Waals surface area contributed by atoms with Gasteiger partial charge in [-0.2, -0.15) is 5.53 Å². The molecule has 202 valence electrons. The van der Waals surface area contributed by atoms with Crippen molar-refractivity contribution in [2.45, 2.75) is 66.0 Å². The average molecular weight is 520 g/mol. The summed E-state index contributed by atoms with van der Waals surface area (Å²) in [4.78, 5) is 39.3. The Kier molecular flexibility index (Phi) is 9.33. The molecule has 1 aliphatic carbocycles. The number of nitrogens with one attached hydrogen (secondary N) is 3. The van der Waals surface area contributed by atoms with Crippen LogP contribution in [0.5, 0.6) is 0 Å². The minimum Gasteiger partial charge on any atom is -0.368 e. The number of anilines is 1. The van der Waals surface area contributed by atoms with Gasteiger partial charge in [0.1, 0.15) is 0 Å². The first-order valence-electron chi connectivity index (χ1n) is 12.8. The van der Waals surface area contributed by atoms with Gasteiger partial charge in [0, 0.05) is 29.4 Å². The maximum absolute atomic E-state index is 13.5. The molecule has 0 saturated heterocycles. The van der Waals surface area contributed by atoms with Crippen molar-refractivity contribution in [2.75, 3.05) is 5.32 Å². The van der Waals surface area contributed by atoms with Gasteiger partial charge in [-0.1, -0.05) is 38.0 Å². The zero-order valence-electron chi connectivity index (χ0n) is 22.5. The first kappa shape index (κ1) is 28.5. The van der Waals surface area contributed by atoms with E-state index >= 15 is 0 Å². The molecule has 0 aromatic heterocycles. The number of amides is 3. The third-order valence-electron chi connectivity index (χ3n) is 7.13. The summed E-state index contributed by atoms with van der Waals surface area (Å²) < 4.78 is 0. The van der Waals surface area contributed by atoms with Crippen LogP contribution in [0.25, 0.3) is 0 Å². The van der Waals surface area contributed by atoms with Gasteiger partial charge in [0.2, 0.25) is 5.96 Å². The molecule has 2 aromatic carbocycles. The number of Topliss-reactive ketones (excluding diaryl/α,β-unsaturated/α-hetero) is 1. The van der Waals surface area contributed by atoms with Gasteiger partial charge in [-0.15, -0.1) is 0 Å². The summed E-state index contributed by atoms with van der Waals surface area (Å²) in [7, 11) is 0. The summed E-state index contributed by atoms with van der Waals surface area (Å²) in [6, 6.07) is 13.7. The standard InChI is InChI=1S/C28H37N7O3/c1-18(36)20-9-13-23(14-10-20)31-27(38)35(24-15-11-22(12-16-24)28(2,3)4)17-19-5-7-21(8-6-19)25(37)32-26(29)33-34-30/h5-10,13-14,22,24H,11-12,15-17H2,1-4H3,(H,31,38)(H4,29,30,32,33,37). The maximum Gasteiger partial charge on any atom is 0.322 e. The van der Waals surface area contributed by atoms with Crippen LogP contribution in [0, 0.1) is 16.9 Å². The summed E-state index contributed by atoms with van der Waals surface area (Å²) in [6.07, 6.45) is 3.94. The number of rotatable bonds is 7. The number of nitrogens with zero attached hydrogens (tertiary/aromatic N) is 3. The molecule has 10 heteroatoms. The Hall–Kier alpha value is -4.08. The molecule has 10 nitrogen and oxygen atoms in total. The Morgan fingerprint density at radius 1 is 0.974 bits per heavy atom. The topological polar surface area (TPSA) is 153 Å². The molecule has 38 heavy (non-hydrogen) atoms. The summed E-state index contributed by atoms with van der Waals surface area (Å²) in [5, 5.41) is 11.4. The molecule has 0 unspecified atom stereocenters. The SMILES string of the molecule is CC(=O)c1ccc(NC(=O)N(Cc2ccc(C(=O)NC(N)=NN=N)cc2)C2CCC(C(C)(C)C)CC2)cc1. The number of guanidine groups is 1. The molecule has 1 aliphatic rings. The Bertz CT molecular complexity index is 1180. The van der Waals surface area contributed by atoms with Crippen LogP contribution < -0.4 is 16.4 Å². The minimum atomic E-state index is -0.467. The van der Waals surface area contributed by atoms with Crippen LogP contribution in [0.3, 0.4) is 0 Å². The van der Waals surface area contributed by atoms with Gasteiger partial charge in [-0.05, 0) is 91.1 Å². The number of benzene rings is 2. The van der Waals surface area contributed by atoms with Gasteiger partial charge in [0.25, 0.3) is 5.91 Å². The Balaban J connectivity index is 1.76. The van der Waals surface area contributed by atoms with E-state index in [9.17, 15) is 14.4 Å². The number of nitrogens with two attached hydrogens (primary N) is 1. The highest BCUT2D eigenvalue weighted by molar-refractivity contribution is 6.05. The van der Waals surface area contributed by atoms with E-state index in [-0.39, 0.29) is 29.2 Å². The monoisotopic (exact) mass is 519 g/mol. The number of urea groups is 1. The number of hydrogen-bond acceptors (Lipinski definition) is 5. The smallest absolute Gasteiger partial charge is 0.322 e. The summed E-state index contributed by atoms with van der Waals surface area (Å²) in [6.45, 7) is 8.70. The molecule has 3 rings (SSSR count). The minimum absolute atomic E-state index is 0.0291. The van der Waals surface area contributed by atoms with Crippen molar-refractivity contribution in [3.8, 4) is 0 Å². The van der Waals surface area contributed by atoms with E-state index in [1.54, 1.807) is 48.5 Å². The van der Waals surface area contributed by atoms with Crippen molar-refractivity contribution >= 4 is 29.4 Å². The van der Waals surface area contributed by atoms with Gasteiger partial charge in [-0.25, -0.2) is 4.79 Å². The van der Waals surface area contributed by atoms with Crippen molar-refractivity contribution in [3.05, 3.63) is 65.2 Å². The normalized spacial score (nSPS) is 17.8. The molecule has 0 aliphatic heterocycles. The van der Waals surface area contributed by atoms with Gasteiger partial charge in [0.15, 0.2) is 5.78 Å². The molecule has 0 atom stereocenters. The Labute approximate surface area is 223 Å². The van der Waals surface area contributed by atoms with E-state index in [4.69, 9.17) is 11.3 Å². The predicted molar refractivity (Wildman–Crippen MR) is 147 cm³/mol. The lowest BCUT2D eigenvalue weighted by molar-refractivity contribution is 0.0974. The van der Waals surface area contributed by atoms with Crippen LogP contribution in [0.2, 0.25) is 0 Å². The van der Waals surface area contributed by atoms with E-state index in [1.165, 1.54) is 6.92 Å². The molecule has 2 aromatic rings. The van der Waals surface area contributed by atoms with E-state index in [1.807, 2.05) is 4.90 Å². The lowest BCUT2D eigenvalue weighted by atomic mass is 9.71. The van der Waals surface area contributed by atoms with Gasteiger partial charge in [0.05, 0.1) is 0 Å². The predicted octanol–water partition coefficient (Wildman–Crippen LogP) is 5.52. The first-order chi connectivity index (χ1) is 18.0. The molecule has 1 saturated carbocycles. The number of ketones is 1. The van der Waals surface area contributed by atoms with Gasteiger partial charge in [-0.3, -0.25) is 14.9 Å². The second kappa shape index (κ2) is 12.4. The van der Waals surface area contributed by atoms with Crippen molar-refractivity contribution < 1.29 is 14.4 Å². The molecule has 1 fully saturated rings. The zero-order chi connectivity index (χ0) is 27.9. The molecule has 0 spiro atoms. The lowest BCUT2D eigenvalue weighted by Crippen LogP contribution is -2.45. The molecular formula is C28H37N7O3. The van der Waals surface area contributed by atoms with Crippen LogP contribution in [0.4, 0.5) is 10.5 Å². The molecular weight excluding hydrogens is 482 g/mol. The number of hydrogen-bond donors (Lipinski definition) is 4. The fourth-order valence-electron chi connectivity index (χ4n) is 4.83. The van der Waals surface area contributed by atoms with Gasteiger partial charge < -0.3 is 16.0 Å². The van der Waals surface area contributed by atoms with Crippen molar-refractivity contribution in [3.63, 3.8) is 0 Å². The molecule has 0 bridgehead atoms. The van der Waals surface area contributed by atoms with Crippen LogP contribution in [-0.2, 0) is 6.54 Å². The second-order valence-electron chi connectivity index (χ2n) is 10.8. The largest absolute Gasteiger partial charge is 0.368 e. The third kappa shape index (κ3) is 7.71. The van der Waals surface area contributed by atoms with Crippen molar-refractivity contribution in [1.82, 2.24) is 10.2 Å². The number of carbonyl (C=O) groups excluding carboxylic acids is 3. The Morgan fingerprint density at radius 2 is 1.55 bits per heavy atom. The number of carbonyl (C=O) groups is 3. The fourth-order valence-corrected chi connectivity index (χ4v) is 4.83. The Morgan fingerprint density at radius 3 is 2.08 bits per heavy atom. The molecule has 0 heterocycles. The quantitative estimate of drug-likeness (QED) is 0.125. The van der Waals surface area contributed by atoms with Crippen molar-refractivity contribution in [2.24, 2.45) is 27.4 Å². The van der Waals surface area contributed by atoms with Crippen LogP contribution in [-0.4, -0.2) is 34.6 Å². The summed E-state index contributed by atoms with van der Waals surface area (Å²) in [5.41, 5.74) is 14.9. The zero-order valence-corrected chi connectivity index (χ0v) is 22.5. The highest BCUT2D eigenvalue weighted by atomic mass is 16.2. The molecule has 3 amide bonds. The highest BCUT2D eigenvalue weighted by Crippen LogP contribution is 2.39. The highest BCUT2D eigenvalue weighted by Gasteiger charge is 2.33. The molecule has 0 radical (unpaired) electrons. The van der Waals surface area contributed by atoms with E-state index < -0.39 is 5.91 Å². The van der Waals surface area contributed by atoms with Crippen molar-refractivity contribution in [1.29, 1.82) is 5.53 Å². The van der Waals surface area contributed by atoms with Crippen LogP contribution >= 0.6 is 0 Å².